The molecule has 0 spiro atoms. The molecule has 0 bridgehead atoms. The van der Waals surface area contributed by atoms with Crippen LogP contribution in [0.4, 0.5) is 0 Å². The number of ketones is 1. The van der Waals surface area contributed by atoms with Crippen molar-refractivity contribution in [1.82, 2.24) is 0 Å². The summed E-state index contributed by atoms with van der Waals surface area (Å²) in [7, 11) is -2.86. The summed E-state index contributed by atoms with van der Waals surface area (Å²) in [6.45, 7) is 15.6. The smallest absolute Gasteiger partial charge is 0.338 e. The van der Waals surface area contributed by atoms with E-state index in [0.717, 1.165) is 24.8 Å². The summed E-state index contributed by atoms with van der Waals surface area (Å²) in [5, 5.41) is -0.360. The monoisotopic (exact) mass is 676 g/mol. The first-order valence-corrected chi connectivity index (χ1v) is 19.9. The van der Waals surface area contributed by atoms with Gasteiger partial charge < -0.3 is 22.7 Å². The first kappa shape index (κ1) is 37.1. The van der Waals surface area contributed by atoms with Gasteiger partial charge in [0.05, 0.1) is 24.9 Å². The Morgan fingerprint density at radius 2 is 1.56 bits per heavy atom. The number of allylic oxidation sites excluding steroid dienone is 1. The van der Waals surface area contributed by atoms with E-state index in [1.165, 1.54) is 18.6 Å². The van der Waals surface area contributed by atoms with Crippen LogP contribution in [0.5, 0.6) is 0 Å². The van der Waals surface area contributed by atoms with Gasteiger partial charge in [-0.3, -0.25) is 9.59 Å². The van der Waals surface area contributed by atoms with E-state index in [0.29, 0.717) is 17.9 Å². The third-order valence-electron chi connectivity index (χ3n) is 9.44. The SMILES string of the molecule is CC(C)(C)OC(=O)C[C@](O[Si](C)(C)C(C)(C)C)(C(=O)O[C@H]1CCCC[C@@H]1c1ccccc1)[C@@H](CC(=O)/C=C/c1ccco1)c1ccco1. The molecule has 3 aromatic rings. The highest BCUT2D eigenvalue weighted by molar-refractivity contribution is 6.74. The fraction of sp³-hybridized carbons (Fsp3) is 0.513. The summed E-state index contributed by atoms with van der Waals surface area (Å²) in [5.41, 5.74) is -1.66. The molecule has 4 atom stereocenters. The number of carbonyl (C=O) groups is 3. The molecule has 0 radical (unpaired) electrons. The van der Waals surface area contributed by atoms with Gasteiger partial charge in [0.2, 0.25) is 0 Å². The number of furan rings is 2. The van der Waals surface area contributed by atoms with Gasteiger partial charge in [0.15, 0.2) is 19.7 Å². The molecule has 1 saturated carbocycles. The zero-order valence-corrected chi connectivity index (χ0v) is 30.7. The Hall–Kier alpha value is -3.69. The molecule has 4 rings (SSSR count). The summed E-state index contributed by atoms with van der Waals surface area (Å²) in [4.78, 5) is 42.8. The van der Waals surface area contributed by atoms with Crippen LogP contribution in [0.3, 0.4) is 0 Å². The van der Waals surface area contributed by atoms with E-state index in [-0.39, 0.29) is 23.2 Å². The normalized spacial score (nSPS) is 19.4. The fourth-order valence-corrected chi connectivity index (χ4v) is 7.57. The highest BCUT2D eigenvalue weighted by Gasteiger charge is 2.58. The van der Waals surface area contributed by atoms with Crippen molar-refractivity contribution in [2.75, 3.05) is 0 Å². The summed E-state index contributed by atoms with van der Waals surface area (Å²) in [6.07, 6.45) is 8.38. The average molecular weight is 677 g/mol. The second-order valence-electron chi connectivity index (χ2n) is 15.3. The molecular weight excluding hydrogens is 625 g/mol. The molecule has 9 heteroatoms. The molecule has 8 nitrogen and oxygen atoms in total. The van der Waals surface area contributed by atoms with Crippen molar-refractivity contribution in [1.29, 1.82) is 0 Å². The lowest BCUT2D eigenvalue weighted by atomic mass is 9.78. The largest absolute Gasteiger partial charge is 0.469 e. The molecule has 2 heterocycles. The van der Waals surface area contributed by atoms with Crippen molar-refractivity contribution in [3.63, 3.8) is 0 Å². The van der Waals surface area contributed by atoms with E-state index in [1.807, 2.05) is 31.3 Å². The van der Waals surface area contributed by atoms with Crippen LogP contribution in [0, 0.1) is 0 Å². The summed E-state index contributed by atoms with van der Waals surface area (Å²) >= 11 is 0. The maximum atomic E-state index is 15.2. The van der Waals surface area contributed by atoms with Crippen LogP contribution in [0.2, 0.25) is 18.1 Å². The first-order chi connectivity index (χ1) is 22.5. The molecule has 260 valence electrons. The number of hydrogen-bond donors (Lipinski definition) is 0. The van der Waals surface area contributed by atoms with Crippen molar-refractivity contribution < 1.29 is 37.1 Å². The number of ether oxygens (including phenoxy) is 2. The van der Waals surface area contributed by atoms with Gasteiger partial charge in [-0.1, -0.05) is 57.5 Å². The van der Waals surface area contributed by atoms with Crippen LogP contribution >= 0.6 is 0 Å². The third kappa shape index (κ3) is 9.47. The third-order valence-corrected chi connectivity index (χ3v) is 13.9. The maximum Gasteiger partial charge on any atom is 0.338 e. The van der Waals surface area contributed by atoms with Gasteiger partial charge in [-0.25, -0.2) is 4.79 Å². The van der Waals surface area contributed by atoms with E-state index in [9.17, 15) is 9.59 Å². The molecule has 1 aliphatic rings. The molecule has 1 aliphatic carbocycles. The Labute approximate surface area is 286 Å². The molecule has 48 heavy (non-hydrogen) atoms. The summed E-state index contributed by atoms with van der Waals surface area (Å²) < 4.78 is 30.9. The molecule has 0 aliphatic heterocycles. The maximum absolute atomic E-state index is 15.2. The number of benzene rings is 1. The molecule has 1 fully saturated rings. The van der Waals surface area contributed by atoms with Crippen LogP contribution in [0.15, 0.2) is 82.0 Å². The van der Waals surface area contributed by atoms with E-state index >= 15 is 4.79 Å². The molecular formula is C39H52O8Si. The van der Waals surface area contributed by atoms with Gasteiger partial charge in [0.1, 0.15) is 23.2 Å². The standard InChI is InChI=1S/C39H52O8Si/c1-37(2,3)46-35(41)27-39(47-48(7,8)38(4,5)6,36(42)45-33-20-13-12-19-31(33)28-16-10-9-11-17-28)32(34-21-15-25-44-34)26-29(40)22-23-30-18-14-24-43-30/h9-11,14-18,21-25,31-33H,12-13,19-20,26-27H2,1-8H3/b23-22+/t31-,32+,33+,39-/m1/s1. The highest BCUT2D eigenvalue weighted by atomic mass is 28.4. The van der Waals surface area contributed by atoms with Crippen molar-refractivity contribution in [3.8, 4) is 0 Å². The first-order valence-electron chi connectivity index (χ1n) is 17.0. The van der Waals surface area contributed by atoms with Gasteiger partial charge >= 0.3 is 11.9 Å². The number of rotatable bonds is 13. The number of hydrogen-bond acceptors (Lipinski definition) is 8. The zero-order valence-electron chi connectivity index (χ0n) is 29.7. The van der Waals surface area contributed by atoms with Crippen molar-refractivity contribution >= 4 is 32.1 Å². The van der Waals surface area contributed by atoms with Crippen LogP contribution in [-0.4, -0.2) is 43.3 Å². The topological polar surface area (TPSA) is 105 Å². The van der Waals surface area contributed by atoms with Gasteiger partial charge in [0.25, 0.3) is 0 Å². The summed E-state index contributed by atoms with van der Waals surface area (Å²) in [6, 6.07) is 17.0. The lowest BCUT2D eigenvalue weighted by molar-refractivity contribution is -0.183. The molecule has 0 N–H and O–H groups in total. The van der Waals surface area contributed by atoms with E-state index in [2.05, 4.69) is 32.9 Å². The Morgan fingerprint density at radius 1 is 0.896 bits per heavy atom. The second kappa shape index (κ2) is 15.2. The minimum Gasteiger partial charge on any atom is -0.469 e. The molecule has 2 aromatic heterocycles. The van der Waals surface area contributed by atoms with Gasteiger partial charge in [-0.15, -0.1) is 0 Å². The van der Waals surface area contributed by atoms with Gasteiger partial charge in [0, 0.05) is 12.3 Å². The van der Waals surface area contributed by atoms with Crippen molar-refractivity contribution in [3.05, 3.63) is 90.3 Å². The van der Waals surface area contributed by atoms with Crippen LogP contribution in [0.25, 0.3) is 6.08 Å². The lowest BCUT2D eigenvalue weighted by Crippen LogP contribution is -2.59. The van der Waals surface area contributed by atoms with Gasteiger partial charge in [-0.05, 0) is 100 Å². The van der Waals surface area contributed by atoms with E-state index in [4.69, 9.17) is 22.7 Å². The lowest BCUT2D eigenvalue weighted by Gasteiger charge is -2.47. The summed E-state index contributed by atoms with van der Waals surface area (Å²) in [5.74, 6) is -1.78. The average Bonchev–Trinajstić information content (AvgIpc) is 3.73. The van der Waals surface area contributed by atoms with E-state index in [1.54, 1.807) is 51.1 Å². The van der Waals surface area contributed by atoms with Crippen LogP contribution in [-0.2, 0) is 28.3 Å². The molecule has 0 amide bonds. The number of carbonyl (C=O) groups excluding carboxylic acids is 3. The zero-order chi connectivity index (χ0) is 35.2. The minimum atomic E-state index is -2.86. The highest BCUT2D eigenvalue weighted by Crippen LogP contribution is 2.48. The Balaban J connectivity index is 1.86. The van der Waals surface area contributed by atoms with Crippen molar-refractivity contribution in [2.24, 2.45) is 0 Å². The Bertz CT molecular complexity index is 1510. The minimum absolute atomic E-state index is 0.0177. The quantitative estimate of drug-likeness (QED) is 0.100. The predicted molar refractivity (Wildman–Crippen MR) is 188 cm³/mol. The van der Waals surface area contributed by atoms with Crippen LogP contribution in [0.1, 0.15) is 109 Å². The fourth-order valence-electron chi connectivity index (χ4n) is 6.06. The molecule has 0 unspecified atom stereocenters. The molecule has 0 saturated heterocycles. The second-order valence-corrected chi connectivity index (χ2v) is 20.1. The Kier molecular flexibility index (Phi) is 11.8. The number of esters is 2. The van der Waals surface area contributed by atoms with Gasteiger partial charge in [-0.2, -0.15) is 0 Å². The Morgan fingerprint density at radius 3 is 2.17 bits per heavy atom. The van der Waals surface area contributed by atoms with E-state index < -0.39 is 49.9 Å². The van der Waals surface area contributed by atoms with Crippen molar-refractivity contribution in [2.45, 2.75) is 127 Å². The molecule has 1 aromatic carbocycles. The van der Waals surface area contributed by atoms with Crippen LogP contribution < -0.4 is 0 Å². The predicted octanol–water partition coefficient (Wildman–Crippen LogP) is 9.39.